The number of imidazole rings is 1. The zero-order chi connectivity index (χ0) is 24.9. The maximum atomic E-state index is 12.6. The van der Waals surface area contributed by atoms with Crippen molar-refractivity contribution in [3.05, 3.63) is 95.9 Å². The maximum Gasteiger partial charge on any atom is 0.251 e. The van der Waals surface area contributed by atoms with Gasteiger partial charge < -0.3 is 24.3 Å². The van der Waals surface area contributed by atoms with E-state index in [1.807, 2.05) is 54.0 Å². The molecule has 0 spiro atoms. The molecule has 2 aromatic carbocycles. The van der Waals surface area contributed by atoms with Crippen molar-refractivity contribution < 1.29 is 14.3 Å². The fourth-order valence-electron chi connectivity index (χ4n) is 4.36. The van der Waals surface area contributed by atoms with E-state index in [1.54, 1.807) is 29.2 Å². The summed E-state index contributed by atoms with van der Waals surface area (Å²) in [5.41, 5.74) is 4.49. The lowest BCUT2D eigenvalue weighted by atomic mass is 10.2. The van der Waals surface area contributed by atoms with Crippen LogP contribution >= 0.6 is 0 Å². The van der Waals surface area contributed by atoms with Crippen molar-refractivity contribution in [1.29, 1.82) is 0 Å². The minimum Gasteiger partial charge on any atom is -0.487 e. The second kappa shape index (κ2) is 10.5. The third-order valence-corrected chi connectivity index (χ3v) is 6.38. The van der Waals surface area contributed by atoms with Crippen LogP contribution in [0.2, 0.25) is 0 Å². The number of hydrogen-bond donors (Lipinski definition) is 1. The van der Waals surface area contributed by atoms with Crippen molar-refractivity contribution in [2.75, 3.05) is 37.6 Å². The standard InChI is InChI=1S/C28H29N5O3/c1-21-6-5-13-33-19-23(30-27(21)33)20-36-25-11-9-22(10-12-25)28(35)29-18-26(34)32-16-14-31(15-17-32)24-7-3-2-4-8-24/h2-13,19H,14-18,20H2,1H3,(H,29,35). The van der Waals surface area contributed by atoms with Crippen LogP contribution in [0.25, 0.3) is 5.65 Å². The van der Waals surface area contributed by atoms with Gasteiger partial charge in [0.15, 0.2) is 0 Å². The van der Waals surface area contributed by atoms with E-state index < -0.39 is 0 Å². The molecule has 2 aromatic heterocycles. The first-order valence-electron chi connectivity index (χ1n) is 12.1. The van der Waals surface area contributed by atoms with Crippen LogP contribution in [-0.2, 0) is 11.4 Å². The van der Waals surface area contributed by atoms with E-state index in [2.05, 4.69) is 27.3 Å². The predicted molar refractivity (Wildman–Crippen MR) is 138 cm³/mol. The predicted octanol–water partition coefficient (Wildman–Crippen LogP) is 3.30. The van der Waals surface area contributed by atoms with E-state index >= 15 is 0 Å². The first-order chi connectivity index (χ1) is 17.6. The smallest absolute Gasteiger partial charge is 0.251 e. The van der Waals surface area contributed by atoms with E-state index in [0.717, 1.165) is 30.0 Å². The number of benzene rings is 2. The van der Waals surface area contributed by atoms with Gasteiger partial charge in [0, 0.05) is 49.8 Å². The lowest BCUT2D eigenvalue weighted by Crippen LogP contribution is -2.51. The van der Waals surface area contributed by atoms with Crippen LogP contribution in [0.3, 0.4) is 0 Å². The minimum atomic E-state index is -0.284. The first kappa shape index (κ1) is 23.4. The molecule has 1 aliphatic rings. The number of aromatic nitrogens is 2. The highest BCUT2D eigenvalue weighted by atomic mass is 16.5. The normalized spacial score (nSPS) is 13.6. The van der Waals surface area contributed by atoms with Gasteiger partial charge in [-0.3, -0.25) is 9.59 Å². The number of hydrogen-bond acceptors (Lipinski definition) is 5. The topological polar surface area (TPSA) is 79.2 Å². The fourth-order valence-corrected chi connectivity index (χ4v) is 4.36. The first-order valence-corrected chi connectivity index (χ1v) is 12.1. The second-order valence-electron chi connectivity index (χ2n) is 8.85. The molecule has 1 fully saturated rings. The van der Waals surface area contributed by atoms with E-state index in [0.29, 0.717) is 31.0 Å². The van der Waals surface area contributed by atoms with E-state index in [9.17, 15) is 9.59 Å². The maximum absolute atomic E-state index is 12.6. The molecular weight excluding hydrogens is 454 g/mol. The molecule has 0 radical (unpaired) electrons. The monoisotopic (exact) mass is 483 g/mol. The van der Waals surface area contributed by atoms with Crippen LogP contribution in [0, 0.1) is 6.92 Å². The summed E-state index contributed by atoms with van der Waals surface area (Å²) in [5, 5.41) is 2.74. The Morgan fingerprint density at radius 3 is 2.42 bits per heavy atom. The Labute approximate surface area is 210 Å². The van der Waals surface area contributed by atoms with Gasteiger partial charge in [-0.15, -0.1) is 0 Å². The van der Waals surface area contributed by atoms with Gasteiger partial charge in [-0.05, 0) is 55.0 Å². The summed E-state index contributed by atoms with van der Waals surface area (Å²) in [6, 6.07) is 21.1. The van der Waals surface area contributed by atoms with Gasteiger partial charge in [0.1, 0.15) is 18.0 Å². The van der Waals surface area contributed by atoms with Crippen LogP contribution in [0.15, 0.2) is 79.1 Å². The summed E-state index contributed by atoms with van der Waals surface area (Å²) in [4.78, 5) is 33.8. The van der Waals surface area contributed by atoms with Crippen LogP contribution in [0.5, 0.6) is 5.75 Å². The molecule has 4 aromatic rings. The molecule has 0 unspecified atom stereocenters. The minimum absolute atomic E-state index is 0.0181. The van der Waals surface area contributed by atoms with Crippen molar-refractivity contribution >= 4 is 23.1 Å². The quantitative estimate of drug-likeness (QED) is 0.436. The number of piperazine rings is 1. The number of pyridine rings is 1. The number of rotatable bonds is 7. The molecule has 1 aliphatic heterocycles. The summed E-state index contributed by atoms with van der Waals surface area (Å²) in [6.07, 6.45) is 3.91. The highest BCUT2D eigenvalue weighted by molar-refractivity contribution is 5.96. The van der Waals surface area contributed by atoms with Gasteiger partial charge in [-0.1, -0.05) is 24.3 Å². The van der Waals surface area contributed by atoms with E-state index in [-0.39, 0.29) is 18.4 Å². The van der Waals surface area contributed by atoms with Gasteiger partial charge in [0.05, 0.1) is 12.2 Å². The molecule has 1 saturated heterocycles. The molecule has 0 aliphatic carbocycles. The SMILES string of the molecule is Cc1cccn2cc(COc3ccc(C(=O)NCC(=O)N4CCN(c5ccccc5)CC4)cc3)nc12. The number of nitrogens with one attached hydrogen (secondary N) is 1. The van der Waals surface area contributed by atoms with Gasteiger partial charge in [-0.2, -0.15) is 0 Å². The number of aryl methyl sites for hydroxylation is 1. The average Bonchev–Trinajstić information content (AvgIpc) is 3.36. The molecule has 0 bridgehead atoms. The van der Waals surface area contributed by atoms with Crippen LogP contribution in [0.4, 0.5) is 5.69 Å². The Hall–Kier alpha value is -4.33. The molecule has 8 heteroatoms. The second-order valence-corrected chi connectivity index (χ2v) is 8.85. The van der Waals surface area contributed by atoms with Crippen molar-refractivity contribution in [1.82, 2.24) is 19.6 Å². The molecule has 184 valence electrons. The summed E-state index contributed by atoms with van der Waals surface area (Å²) < 4.78 is 7.82. The van der Waals surface area contributed by atoms with Gasteiger partial charge in [-0.25, -0.2) is 4.98 Å². The van der Waals surface area contributed by atoms with E-state index in [1.165, 1.54) is 5.69 Å². The molecule has 36 heavy (non-hydrogen) atoms. The molecule has 1 N–H and O–H groups in total. The highest BCUT2D eigenvalue weighted by Gasteiger charge is 2.21. The molecule has 0 atom stereocenters. The number of anilines is 1. The number of fused-ring (bicyclic) bond motifs is 1. The summed E-state index contributed by atoms with van der Waals surface area (Å²) >= 11 is 0. The van der Waals surface area contributed by atoms with Gasteiger partial charge in [0.25, 0.3) is 5.91 Å². The Morgan fingerprint density at radius 1 is 0.944 bits per heavy atom. The summed E-state index contributed by atoms with van der Waals surface area (Å²) in [5.74, 6) is 0.292. The Balaban J connectivity index is 1.08. The Morgan fingerprint density at radius 2 is 1.69 bits per heavy atom. The Kier molecular flexibility index (Phi) is 6.84. The van der Waals surface area contributed by atoms with Crippen molar-refractivity contribution in [2.24, 2.45) is 0 Å². The highest BCUT2D eigenvalue weighted by Crippen LogP contribution is 2.17. The molecular formula is C28H29N5O3. The fraction of sp³-hybridized carbons (Fsp3) is 0.250. The van der Waals surface area contributed by atoms with Crippen molar-refractivity contribution in [2.45, 2.75) is 13.5 Å². The lowest BCUT2D eigenvalue weighted by molar-refractivity contribution is -0.130. The average molecular weight is 484 g/mol. The van der Waals surface area contributed by atoms with Gasteiger partial charge in [0.2, 0.25) is 5.91 Å². The molecule has 0 saturated carbocycles. The third-order valence-electron chi connectivity index (χ3n) is 6.38. The molecule has 2 amide bonds. The largest absolute Gasteiger partial charge is 0.487 e. The van der Waals surface area contributed by atoms with Gasteiger partial charge >= 0.3 is 0 Å². The number of amides is 2. The summed E-state index contributed by atoms with van der Waals surface area (Å²) in [6.45, 7) is 5.17. The van der Waals surface area contributed by atoms with Crippen molar-refractivity contribution in [3.63, 3.8) is 0 Å². The third kappa shape index (κ3) is 5.33. The van der Waals surface area contributed by atoms with Crippen LogP contribution in [-0.4, -0.2) is 58.8 Å². The molecule has 5 rings (SSSR count). The molecule has 8 nitrogen and oxygen atoms in total. The molecule has 3 heterocycles. The lowest BCUT2D eigenvalue weighted by Gasteiger charge is -2.36. The zero-order valence-electron chi connectivity index (χ0n) is 20.3. The number of ether oxygens (including phenoxy) is 1. The van der Waals surface area contributed by atoms with Crippen LogP contribution in [0.1, 0.15) is 21.6 Å². The number of carbonyl (C=O) groups excluding carboxylic acids is 2. The number of carbonyl (C=O) groups is 2. The number of nitrogens with zero attached hydrogens (tertiary/aromatic N) is 4. The van der Waals surface area contributed by atoms with E-state index in [4.69, 9.17) is 4.74 Å². The number of para-hydroxylation sites is 1. The summed E-state index contributed by atoms with van der Waals surface area (Å²) in [7, 11) is 0. The Bertz CT molecular complexity index is 1340. The van der Waals surface area contributed by atoms with Crippen molar-refractivity contribution in [3.8, 4) is 5.75 Å². The van der Waals surface area contributed by atoms with Crippen LogP contribution < -0.4 is 15.0 Å². The zero-order valence-corrected chi connectivity index (χ0v) is 20.3.